The van der Waals surface area contributed by atoms with Crippen molar-refractivity contribution in [1.29, 1.82) is 0 Å². The number of hydrogen-bond donors (Lipinski definition) is 1. The lowest BCUT2D eigenvalue weighted by molar-refractivity contribution is 0.135. The Morgan fingerprint density at radius 3 is 2.14 bits per heavy atom. The summed E-state index contributed by atoms with van der Waals surface area (Å²) in [5.74, 6) is 0.722. The molecule has 0 aromatic rings. The van der Waals surface area contributed by atoms with Gasteiger partial charge < -0.3 is 10.2 Å². The van der Waals surface area contributed by atoms with Crippen LogP contribution in [-0.4, -0.2) is 62.7 Å². The molecule has 0 spiro atoms. The van der Waals surface area contributed by atoms with Crippen LogP contribution in [0.3, 0.4) is 0 Å². The molecule has 1 unspecified atom stereocenters. The van der Waals surface area contributed by atoms with Gasteiger partial charge in [0.1, 0.15) is 0 Å². The molecule has 0 amide bonds. The molecule has 1 rings (SSSR count). The molecule has 1 N–H and O–H groups in total. The van der Waals surface area contributed by atoms with Crippen molar-refractivity contribution in [3.05, 3.63) is 0 Å². The largest absolute Gasteiger partial charge is 0.315 e. The van der Waals surface area contributed by atoms with Gasteiger partial charge in [-0.2, -0.15) is 0 Å². The molecule has 3 heteroatoms. The highest BCUT2D eigenvalue weighted by Crippen LogP contribution is 2.06. The SMILES string of the molecule is CNC(CN1CCN(C)CC1)C(C)C. The number of nitrogens with zero attached hydrogens (tertiary/aromatic N) is 2. The molecule has 0 aliphatic carbocycles. The van der Waals surface area contributed by atoms with Crippen LogP contribution >= 0.6 is 0 Å². The van der Waals surface area contributed by atoms with Crippen molar-refractivity contribution in [1.82, 2.24) is 15.1 Å². The summed E-state index contributed by atoms with van der Waals surface area (Å²) in [6.45, 7) is 10.7. The summed E-state index contributed by atoms with van der Waals surface area (Å²) in [7, 11) is 4.27. The van der Waals surface area contributed by atoms with E-state index in [9.17, 15) is 0 Å². The zero-order valence-electron chi connectivity index (χ0n) is 10.1. The van der Waals surface area contributed by atoms with Crippen molar-refractivity contribution < 1.29 is 0 Å². The molecule has 1 atom stereocenters. The number of hydrogen-bond acceptors (Lipinski definition) is 3. The van der Waals surface area contributed by atoms with E-state index in [1.807, 2.05) is 0 Å². The topological polar surface area (TPSA) is 18.5 Å². The number of rotatable bonds is 4. The first-order valence-corrected chi connectivity index (χ1v) is 5.71. The summed E-state index contributed by atoms with van der Waals surface area (Å²) in [5, 5.41) is 3.40. The third kappa shape index (κ3) is 3.56. The number of nitrogens with one attached hydrogen (secondary N) is 1. The van der Waals surface area contributed by atoms with Crippen LogP contribution in [0.1, 0.15) is 13.8 Å². The van der Waals surface area contributed by atoms with E-state index in [4.69, 9.17) is 0 Å². The van der Waals surface area contributed by atoms with Gasteiger partial charge in [0.15, 0.2) is 0 Å². The maximum Gasteiger partial charge on any atom is 0.0214 e. The van der Waals surface area contributed by atoms with Gasteiger partial charge in [-0.25, -0.2) is 0 Å². The zero-order chi connectivity index (χ0) is 10.6. The van der Waals surface area contributed by atoms with E-state index in [2.05, 4.69) is 43.1 Å². The van der Waals surface area contributed by atoms with Crippen molar-refractivity contribution in [2.45, 2.75) is 19.9 Å². The Hall–Kier alpha value is -0.120. The van der Waals surface area contributed by atoms with Gasteiger partial charge in [-0.3, -0.25) is 4.90 Å². The minimum Gasteiger partial charge on any atom is -0.315 e. The second kappa shape index (κ2) is 5.69. The molecular weight excluding hydrogens is 174 g/mol. The zero-order valence-corrected chi connectivity index (χ0v) is 10.1. The molecule has 84 valence electrons. The minimum atomic E-state index is 0.637. The molecule has 14 heavy (non-hydrogen) atoms. The fourth-order valence-electron chi connectivity index (χ4n) is 1.94. The van der Waals surface area contributed by atoms with E-state index in [0.29, 0.717) is 6.04 Å². The van der Waals surface area contributed by atoms with E-state index < -0.39 is 0 Å². The summed E-state index contributed by atoms with van der Waals surface area (Å²) in [6.07, 6.45) is 0. The predicted molar refractivity (Wildman–Crippen MR) is 61.6 cm³/mol. The van der Waals surface area contributed by atoms with E-state index >= 15 is 0 Å². The fourth-order valence-corrected chi connectivity index (χ4v) is 1.94. The number of piperazine rings is 1. The van der Waals surface area contributed by atoms with E-state index in [0.717, 1.165) is 5.92 Å². The average molecular weight is 199 g/mol. The number of likely N-dealkylation sites (N-methyl/N-ethyl adjacent to an activating group) is 2. The molecule has 0 bridgehead atoms. The first-order valence-electron chi connectivity index (χ1n) is 5.71. The standard InChI is InChI=1S/C11H25N3/c1-10(2)11(12-3)9-14-7-5-13(4)6-8-14/h10-12H,5-9H2,1-4H3. The second-order valence-electron chi connectivity index (χ2n) is 4.74. The van der Waals surface area contributed by atoms with Gasteiger partial charge in [0, 0.05) is 38.8 Å². The summed E-state index contributed by atoms with van der Waals surface area (Å²) in [6, 6.07) is 0.637. The van der Waals surface area contributed by atoms with Gasteiger partial charge in [-0.1, -0.05) is 13.8 Å². The van der Waals surface area contributed by atoms with Crippen molar-refractivity contribution in [2.24, 2.45) is 5.92 Å². The van der Waals surface area contributed by atoms with Crippen LogP contribution in [-0.2, 0) is 0 Å². The van der Waals surface area contributed by atoms with Crippen molar-refractivity contribution >= 4 is 0 Å². The van der Waals surface area contributed by atoms with Crippen LogP contribution in [0.2, 0.25) is 0 Å². The van der Waals surface area contributed by atoms with E-state index in [1.165, 1.54) is 32.7 Å². The Labute approximate surface area is 88.5 Å². The summed E-state index contributed by atoms with van der Waals surface area (Å²) in [5.41, 5.74) is 0. The average Bonchev–Trinajstić information content (AvgIpc) is 2.16. The third-order valence-electron chi connectivity index (χ3n) is 3.23. The van der Waals surface area contributed by atoms with Crippen LogP contribution < -0.4 is 5.32 Å². The molecule has 1 heterocycles. The lowest BCUT2D eigenvalue weighted by Gasteiger charge is -2.35. The van der Waals surface area contributed by atoms with Gasteiger partial charge in [0.25, 0.3) is 0 Å². The van der Waals surface area contributed by atoms with Gasteiger partial charge in [-0.05, 0) is 20.0 Å². The summed E-state index contributed by atoms with van der Waals surface area (Å²) in [4.78, 5) is 4.97. The molecular formula is C11H25N3. The predicted octanol–water partition coefficient (Wildman–Crippen LogP) is 0.478. The Morgan fingerprint density at radius 1 is 1.14 bits per heavy atom. The molecule has 1 fully saturated rings. The molecule has 1 aliphatic heterocycles. The molecule has 0 saturated carbocycles. The van der Waals surface area contributed by atoms with Crippen molar-refractivity contribution in [2.75, 3.05) is 46.8 Å². The first-order chi connectivity index (χ1) is 6.63. The molecule has 0 radical (unpaired) electrons. The summed E-state index contributed by atoms with van der Waals surface area (Å²) < 4.78 is 0. The van der Waals surface area contributed by atoms with Gasteiger partial charge >= 0.3 is 0 Å². The van der Waals surface area contributed by atoms with Crippen LogP contribution in [0.5, 0.6) is 0 Å². The Bertz CT molecular complexity index is 151. The third-order valence-corrected chi connectivity index (χ3v) is 3.23. The molecule has 1 aliphatic rings. The van der Waals surface area contributed by atoms with Gasteiger partial charge in [0.05, 0.1) is 0 Å². The highest BCUT2D eigenvalue weighted by Gasteiger charge is 2.18. The smallest absolute Gasteiger partial charge is 0.0214 e. The van der Waals surface area contributed by atoms with Crippen LogP contribution in [0.15, 0.2) is 0 Å². The maximum absolute atomic E-state index is 3.40. The highest BCUT2D eigenvalue weighted by atomic mass is 15.3. The Morgan fingerprint density at radius 2 is 1.71 bits per heavy atom. The lowest BCUT2D eigenvalue weighted by Crippen LogP contribution is -2.50. The lowest BCUT2D eigenvalue weighted by atomic mass is 10.0. The fraction of sp³-hybridized carbons (Fsp3) is 1.00. The molecule has 1 saturated heterocycles. The maximum atomic E-state index is 3.40. The van der Waals surface area contributed by atoms with Gasteiger partial charge in [0.2, 0.25) is 0 Å². The van der Waals surface area contributed by atoms with Crippen molar-refractivity contribution in [3.8, 4) is 0 Å². The summed E-state index contributed by atoms with van der Waals surface area (Å²) >= 11 is 0. The first kappa shape index (κ1) is 12.0. The monoisotopic (exact) mass is 199 g/mol. The van der Waals surface area contributed by atoms with E-state index in [-0.39, 0.29) is 0 Å². The normalized spacial score (nSPS) is 22.9. The van der Waals surface area contributed by atoms with E-state index in [1.54, 1.807) is 0 Å². The van der Waals surface area contributed by atoms with Gasteiger partial charge in [-0.15, -0.1) is 0 Å². The Kier molecular flexibility index (Phi) is 4.85. The van der Waals surface area contributed by atoms with Crippen LogP contribution in [0, 0.1) is 5.92 Å². The highest BCUT2D eigenvalue weighted by molar-refractivity contribution is 4.77. The minimum absolute atomic E-state index is 0.637. The quantitative estimate of drug-likeness (QED) is 0.710. The molecule has 0 aromatic heterocycles. The van der Waals surface area contributed by atoms with Crippen LogP contribution in [0.4, 0.5) is 0 Å². The van der Waals surface area contributed by atoms with Crippen LogP contribution in [0.25, 0.3) is 0 Å². The van der Waals surface area contributed by atoms with Crippen molar-refractivity contribution in [3.63, 3.8) is 0 Å². The second-order valence-corrected chi connectivity index (χ2v) is 4.74. The Balaban J connectivity index is 2.29. The molecule has 0 aromatic carbocycles. The molecule has 3 nitrogen and oxygen atoms in total.